The molecule has 0 unspecified atom stereocenters. The fourth-order valence-corrected chi connectivity index (χ4v) is 3.72. The number of hydrogen-bond acceptors (Lipinski definition) is 3. The van der Waals surface area contributed by atoms with Crippen LogP contribution in [0.15, 0.2) is 30.3 Å². The smallest absolute Gasteiger partial charge is 0.225 e. The van der Waals surface area contributed by atoms with Gasteiger partial charge >= 0.3 is 0 Å². The van der Waals surface area contributed by atoms with E-state index in [4.69, 9.17) is 12.2 Å². The number of benzene rings is 1. The molecule has 1 aromatic rings. The van der Waals surface area contributed by atoms with Crippen LogP contribution in [0.3, 0.4) is 0 Å². The van der Waals surface area contributed by atoms with Crippen molar-refractivity contribution in [3.63, 3.8) is 0 Å². The first-order valence-electron chi connectivity index (χ1n) is 7.48. The van der Waals surface area contributed by atoms with Crippen molar-refractivity contribution in [2.24, 2.45) is 5.92 Å². The highest BCUT2D eigenvalue weighted by atomic mass is 32.2. The van der Waals surface area contributed by atoms with E-state index in [9.17, 15) is 4.79 Å². The predicted molar refractivity (Wildman–Crippen MR) is 91.2 cm³/mol. The van der Waals surface area contributed by atoms with Gasteiger partial charge in [0.25, 0.3) is 0 Å². The van der Waals surface area contributed by atoms with Crippen LogP contribution in [0.25, 0.3) is 0 Å². The Labute approximate surface area is 135 Å². The topological polar surface area (TPSA) is 23.6 Å². The molecule has 1 aliphatic heterocycles. The number of carbonyl (C=O) groups is 1. The first kappa shape index (κ1) is 14.9. The molecule has 0 N–H and O–H groups in total. The minimum Gasteiger partial charge on any atom is -0.354 e. The molecule has 1 aromatic carbocycles. The summed E-state index contributed by atoms with van der Waals surface area (Å²) in [7, 11) is 0. The molecule has 0 atom stereocenters. The first-order chi connectivity index (χ1) is 10.2. The van der Waals surface area contributed by atoms with E-state index in [-0.39, 0.29) is 0 Å². The molecule has 0 spiro atoms. The van der Waals surface area contributed by atoms with Crippen LogP contribution in [0.5, 0.6) is 0 Å². The van der Waals surface area contributed by atoms with Crippen molar-refractivity contribution in [2.45, 2.75) is 18.6 Å². The summed E-state index contributed by atoms with van der Waals surface area (Å²) in [6.07, 6.45) is 2.18. The molecule has 1 heterocycles. The van der Waals surface area contributed by atoms with Crippen molar-refractivity contribution in [1.82, 2.24) is 9.80 Å². The van der Waals surface area contributed by atoms with Crippen LogP contribution in [-0.2, 0) is 10.5 Å². The summed E-state index contributed by atoms with van der Waals surface area (Å²) in [6, 6.07) is 10.4. The zero-order valence-electron chi connectivity index (χ0n) is 12.0. The summed E-state index contributed by atoms with van der Waals surface area (Å²) in [5, 5.41) is 0. The largest absolute Gasteiger partial charge is 0.354 e. The average molecular weight is 320 g/mol. The minimum atomic E-state index is 0.330. The lowest BCUT2D eigenvalue weighted by molar-refractivity contribution is -0.133. The van der Waals surface area contributed by atoms with Gasteiger partial charge in [-0.2, -0.15) is 0 Å². The minimum absolute atomic E-state index is 0.330. The van der Waals surface area contributed by atoms with Gasteiger partial charge in [-0.25, -0.2) is 0 Å². The monoisotopic (exact) mass is 320 g/mol. The molecule has 21 heavy (non-hydrogen) atoms. The van der Waals surface area contributed by atoms with Crippen molar-refractivity contribution in [3.8, 4) is 0 Å². The van der Waals surface area contributed by atoms with Gasteiger partial charge in [0.1, 0.15) is 4.32 Å². The van der Waals surface area contributed by atoms with Crippen molar-refractivity contribution in [3.05, 3.63) is 35.9 Å². The van der Waals surface area contributed by atoms with Crippen molar-refractivity contribution >= 4 is 34.2 Å². The van der Waals surface area contributed by atoms with Crippen molar-refractivity contribution < 1.29 is 4.79 Å². The third-order valence-electron chi connectivity index (χ3n) is 3.98. The van der Waals surface area contributed by atoms with Crippen LogP contribution in [-0.4, -0.2) is 46.2 Å². The predicted octanol–water partition coefficient (Wildman–Crippen LogP) is 2.76. The Balaban J connectivity index is 1.43. The van der Waals surface area contributed by atoms with Gasteiger partial charge in [-0.05, 0) is 18.4 Å². The molecular weight excluding hydrogens is 300 g/mol. The third-order valence-corrected chi connectivity index (χ3v) is 5.58. The molecule has 1 saturated heterocycles. The quantitative estimate of drug-likeness (QED) is 0.799. The first-order valence-corrected chi connectivity index (χ1v) is 8.88. The van der Waals surface area contributed by atoms with Gasteiger partial charge < -0.3 is 9.80 Å². The molecule has 0 bridgehead atoms. The van der Waals surface area contributed by atoms with E-state index >= 15 is 0 Å². The normalized spacial score (nSPS) is 18.7. The summed E-state index contributed by atoms with van der Waals surface area (Å²) >= 11 is 7.25. The number of piperazine rings is 1. The molecule has 0 radical (unpaired) electrons. The lowest BCUT2D eigenvalue weighted by atomic mass is 10.2. The fourth-order valence-electron chi connectivity index (χ4n) is 2.51. The van der Waals surface area contributed by atoms with E-state index in [0.717, 1.165) is 49.1 Å². The van der Waals surface area contributed by atoms with Gasteiger partial charge in [-0.15, -0.1) is 0 Å². The van der Waals surface area contributed by atoms with Crippen LogP contribution in [0, 0.1) is 5.92 Å². The highest BCUT2D eigenvalue weighted by Gasteiger charge is 2.34. The Hall–Kier alpha value is -1.07. The van der Waals surface area contributed by atoms with Gasteiger partial charge in [-0.3, -0.25) is 4.79 Å². The SMILES string of the molecule is O=C(C1CC1)N1CCN(C(=S)SCc2ccccc2)CC1. The van der Waals surface area contributed by atoms with Crippen molar-refractivity contribution in [1.29, 1.82) is 0 Å². The van der Waals surface area contributed by atoms with Crippen LogP contribution in [0.2, 0.25) is 0 Å². The Morgan fingerprint density at radius 1 is 1.10 bits per heavy atom. The van der Waals surface area contributed by atoms with E-state index in [2.05, 4.69) is 29.2 Å². The summed E-state index contributed by atoms with van der Waals surface area (Å²) in [6.45, 7) is 3.39. The lowest BCUT2D eigenvalue weighted by Gasteiger charge is -2.36. The molecule has 2 fully saturated rings. The maximum atomic E-state index is 12.0. The third kappa shape index (κ3) is 3.98. The number of thiocarbonyl (C=S) groups is 1. The summed E-state index contributed by atoms with van der Waals surface area (Å²) < 4.78 is 0.956. The second-order valence-corrected chi connectivity index (χ2v) is 7.24. The van der Waals surface area contributed by atoms with E-state index < -0.39 is 0 Å². The molecule has 3 rings (SSSR count). The number of amides is 1. The van der Waals surface area contributed by atoms with Crippen molar-refractivity contribution in [2.75, 3.05) is 26.2 Å². The zero-order valence-corrected chi connectivity index (χ0v) is 13.7. The van der Waals surface area contributed by atoms with Gasteiger partial charge in [0, 0.05) is 37.8 Å². The summed E-state index contributed by atoms with van der Waals surface area (Å²) in [5.41, 5.74) is 1.30. The Morgan fingerprint density at radius 2 is 1.71 bits per heavy atom. The van der Waals surface area contributed by atoms with Gasteiger partial charge in [-0.1, -0.05) is 54.3 Å². The number of hydrogen-bond donors (Lipinski definition) is 0. The number of nitrogens with zero attached hydrogens (tertiary/aromatic N) is 2. The molecule has 5 heteroatoms. The molecule has 1 saturated carbocycles. The summed E-state index contributed by atoms with van der Waals surface area (Å²) in [4.78, 5) is 16.3. The molecular formula is C16H20N2OS2. The van der Waals surface area contributed by atoms with E-state index in [0.29, 0.717) is 11.8 Å². The maximum Gasteiger partial charge on any atom is 0.225 e. The van der Waals surface area contributed by atoms with Crippen LogP contribution < -0.4 is 0 Å². The van der Waals surface area contributed by atoms with Gasteiger partial charge in [0.15, 0.2) is 0 Å². The zero-order chi connectivity index (χ0) is 14.7. The summed E-state index contributed by atoms with van der Waals surface area (Å²) in [5.74, 6) is 1.61. The molecule has 112 valence electrons. The molecule has 1 amide bonds. The standard InChI is InChI=1S/C16H20N2OS2/c19-15(14-6-7-14)17-8-10-18(11-9-17)16(20)21-12-13-4-2-1-3-5-13/h1-5,14H,6-12H2. The van der Waals surface area contributed by atoms with Gasteiger partial charge in [0.05, 0.1) is 0 Å². The van der Waals surface area contributed by atoms with Crippen LogP contribution in [0.4, 0.5) is 0 Å². The highest BCUT2D eigenvalue weighted by Crippen LogP contribution is 2.31. The second-order valence-electron chi connectivity index (χ2n) is 5.63. The number of carbonyl (C=O) groups excluding carboxylic acids is 1. The van der Waals surface area contributed by atoms with E-state index in [1.54, 1.807) is 11.8 Å². The fraction of sp³-hybridized carbons (Fsp3) is 0.500. The average Bonchev–Trinajstić information content (AvgIpc) is 3.38. The Bertz CT molecular complexity index is 508. The molecule has 1 aliphatic carbocycles. The van der Waals surface area contributed by atoms with E-state index in [1.807, 2.05) is 11.0 Å². The van der Waals surface area contributed by atoms with Crippen LogP contribution in [0.1, 0.15) is 18.4 Å². The maximum absolute atomic E-state index is 12.0. The molecule has 3 nitrogen and oxygen atoms in total. The molecule has 0 aromatic heterocycles. The molecule has 2 aliphatic rings. The lowest BCUT2D eigenvalue weighted by Crippen LogP contribution is -2.50. The van der Waals surface area contributed by atoms with E-state index in [1.165, 1.54) is 5.56 Å². The second kappa shape index (κ2) is 6.79. The number of thioether (sulfide) groups is 1. The van der Waals surface area contributed by atoms with Gasteiger partial charge in [0.2, 0.25) is 5.91 Å². The number of rotatable bonds is 3. The Kier molecular flexibility index (Phi) is 4.80. The highest BCUT2D eigenvalue weighted by molar-refractivity contribution is 8.22. The Morgan fingerprint density at radius 3 is 2.33 bits per heavy atom. The van der Waals surface area contributed by atoms with Crippen LogP contribution >= 0.6 is 24.0 Å².